The van der Waals surface area contributed by atoms with Gasteiger partial charge in [0.25, 0.3) is 0 Å². The summed E-state index contributed by atoms with van der Waals surface area (Å²) in [4.78, 5) is 22.8. The number of carbonyl (C=O) groups excluding carboxylic acids is 1. The zero-order chi connectivity index (χ0) is 27.1. The van der Waals surface area contributed by atoms with E-state index in [1.165, 1.54) is 12.4 Å². The lowest BCUT2D eigenvalue weighted by molar-refractivity contribution is -0.127. The molecule has 2 N–H and O–H groups in total. The van der Waals surface area contributed by atoms with Gasteiger partial charge < -0.3 is 15.4 Å². The summed E-state index contributed by atoms with van der Waals surface area (Å²) in [6.07, 6.45) is 4.49. The fraction of sp³-hybridized carbons (Fsp3) is 0.250. The number of nitrogens with zero attached hydrogens (tertiary/aromatic N) is 7. The number of nitrogen functional groups attached to an aromatic ring is 1. The highest BCUT2D eigenvalue weighted by Gasteiger charge is 2.28. The number of anilines is 1. The molecule has 1 aliphatic rings. The molecule has 0 unspecified atom stereocenters. The second-order valence-electron chi connectivity index (χ2n) is 9.56. The third-order valence-corrected chi connectivity index (χ3v) is 7.45. The number of amides is 1. The molecule has 198 valence electrons. The Bertz CT molecular complexity index is 1730. The molecule has 5 aromatic rings. The van der Waals surface area contributed by atoms with Gasteiger partial charge in [-0.3, -0.25) is 9.48 Å². The van der Waals surface area contributed by atoms with Crippen LogP contribution in [0.1, 0.15) is 24.6 Å². The third kappa shape index (κ3) is 4.46. The highest BCUT2D eigenvalue weighted by atomic mass is 35.5. The first kappa shape index (κ1) is 24.9. The van der Waals surface area contributed by atoms with Crippen LogP contribution in [-0.2, 0) is 18.4 Å². The second kappa shape index (κ2) is 10.0. The van der Waals surface area contributed by atoms with Crippen molar-refractivity contribution in [1.29, 1.82) is 0 Å². The normalized spacial score (nSPS) is 15.6. The fourth-order valence-electron chi connectivity index (χ4n) is 5.24. The fourth-order valence-corrected chi connectivity index (χ4v) is 5.48. The van der Waals surface area contributed by atoms with Crippen molar-refractivity contribution in [3.8, 4) is 17.0 Å². The first-order chi connectivity index (χ1) is 18.9. The van der Waals surface area contributed by atoms with E-state index in [2.05, 4.69) is 21.6 Å². The summed E-state index contributed by atoms with van der Waals surface area (Å²) in [5.74, 6) is 0.773. The number of fused-ring (bicyclic) bond motifs is 2. The van der Waals surface area contributed by atoms with E-state index < -0.39 is 0 Å². The molecule has 1 fully saturated rings. The number of hydrogen-bond acceptors (Lipinski definition) is 7. The average molecular weight is 543 g/mol. The Kier molecular flexibility index (Phi) is 6.40. The molecule has 0 bridgehead atoms. The van der Waals surface area contributed by atoms with Gasteiger partial charge in [-0.05, 0) is 43.2 Å². The largest absolute Gasteiger partial charge is 0.486 e. The topological polar surface area (TPSA) is 117 Å². The molecule has 3 aromatic heterocycles. The van der Waals surface area contributed by atoms with Crippen LogP contribution in [0.2, 0.25) is 5.02 Å². The van der Waals surface area contributed by atoms with Gasteiger partial charge in [-0.25, -0.2) is 14.6 Å². The highest BCUT2D eigenvalue weighted by molar-refractivity contribution is 6.32. The van der Waals surface area contributed by atoms with Crippen LogP contribution < -0.4 is 10.5 Å². The number of carbonyl (C=O) groups is 1. The van der Waals surface area contributed by atoms with Gasteiger partial charge in [-0.1, -0.05) is 36.4 Å². The van der Waals surface area contributed by atoms with Crippen molar-refractivity contribution in [1.82, 2.24) is 34.4 Å². The monoisotopic (exact) mass is 542 g/mol. The maximum Gasteiger partial charge on any atom is 0.246 e. The van der Waals surface area contributed by atoms with E-state index in [0.29, 0.717) is 46.4 Å². The molecule has 1 amide bonds. The summed E-state index contributed by atoms with van der Waals surface area (Å²) in [6.45, 7) is 5.10. The zero-order valence-electron chi connectivity index (χ0n) is 21.4. The number of ether oxygens (including phenoxy) is 1. The van der Waals surface area contributed by atoms with Crippen LogP contribution in [0.5, 0.6) is 5.75 Å². The number of para-hydroxylation sites is 1. The van der Waals surface area contributed by atoms with Gasteiger partial charge in [0.1, 0.15) is 35.9 Å². The standard InChI is InChI=1S/C28H27ClN8O2/c1-3-24(38)36-12-6-7-18(14-36)37-28-25(27(30)31-16-32-28)26(34-37)17-10-11-23(20(29)13-17)39-15-21-19-8-4-5-9-22(19)35(2)33-21/h3-5,8-11,13,16,18H,1,6-7,12,14-15H2,2H3,(H2,30,31,32)/t18-/m1/s1. The van der Waals surface area contributed by atoms with Crippen molar-refractivity contribution in [2.45, 2.75) is 25.5 Å². The summed E-state index contributed by atoms with van der Waals surface area (Å²) < 4.78 is 9.76. The van der Waals surface area contributed by atoms with Gasteiger partial charge in [0.15, 0.2) is 5.65 Å². The van der Waals surface area contributed by atoms with Gasteiger partial charge in [0, 0.05) is 31.1 Å². The van der Waals surface area contributed by atoms with E-state index >= 15 is 0 Å². The number of hydrogen-bond donors (Lipinski definition) is 1. The van der Waals surface area contributed by atoms with Crippen molar-refractivity contribution in [3.05, 3.63) is 72.2 Å². The van der Waals surface area contributed by atoms with Crippen LogP contribution in [0, 0.1) is 0 Å². The zero-order valence-corrected chi connectivity index (χ0v) is 22.2. The van der Waals surface area contributed by atoms with Crippen LogP contribution in [0.3, 0.4) is 0 Å². The minimum atomic E-state index is -0.0911. The first-order valence-corrected chi connectivity index (χ1v) is 13.1. The lowest BCUT2D eigenvalue weighted by Crippen LogP contribution is -2.40. The number of rotatable bonds is 6. The third-order valence-electron chi connectivity index (χ3n) is 7.15. The smallest absolute Gasteiger partial charge is 0.246 e. The SMILES string of the molecule is C=CC(=O)N1CCC[C@@H](n2nc(-c3ccc(OCc4nn(C)c5ccccc45)c(Cl)c3)c3c(N)ncnc32)C1. The molecule has 2 aromatic carbocycles. The van der Waals surface area contributed by atoms with Crippen molar-refractivity contribution < 1.29 is 9.53 Å². The summed E-state index contributed by atoms with van der Waals surface area (Å²) in [5, 5.41) is 11.6. The summed E-state index contributed by atoms with van der Waals surface area (Å²) in [5.41, 5.74) is 10.2. The van der Waals surface area contributed by atoms with Gasteiger partial charge in [-0.15, -0.1) is 0 Å². The molecule has 1 aliphatic heterocycles. The van der Waals surface area contributed by atoms with E-state index in [9.17, 15) is 4.79 Å². The van der Waals surface area contributed by atoms with Crippen molar-refractivity contribution in [2.75, 3.05) is 18.8 Å². The Hall–Kier alpha value is -4.44. The van der Waals surface area contributed by atoms with E-state index in [0.717, 1.165) is 35.0 Å². The van der Waals surface area contributed by atoms with Crippen LogP contribution in [0.15, 0.2) is 61.4 Å². The first-order valence-electron chi connectivity index (χ1n) is 12.7. The molecule has 0 radical (unpaired) electrons. The summed E-state index contributed by atoms with van der Waals surface area (Å²) in [7, 11) is 1.91. The number of aromatic nitrogens is 6. The molecule has 0 spiro atoms. The Balaban J connectivity index is 1.31. The number of nitrogens with two attached hydrogens (primary N) is 1. The Morgan fingerprint density at radius 2 is 2.08 bits per heavy atom. The summed E-state index contributed by atoms with van der Waals surface area (Å²) >= 11 is 6.68. The average Bonchev–Trinajstić information content (AvgIpc) is 3.51. The van der Waals surface area contributed by atoms with Crippen molar-refractivity contribution in [3.63, 3.8) is 0 Å². The van der Waals surface area contributed by atoms with E-state index in [4.69, 9.17) is 27.2 Å². The molecule has 1 saturated heterocycles. The molecule has 0 saturated carbocycles. The Morgan fingerprint density at radius 1 is 1.23 bits per heavy atom. The Labute approximate surface area is 229 Å². The molecule has 6 rings (SSSR count). The van der Waals surface area contributed by atoms with Crippen molar-refractivity contribution in [2.24, 2.45) is 7.05 Å². The van der Waals surface area contributed by atoms with Gasteiger partial charge in [0.2, 0.25) is 5.91 Å². The molecule has 39 heavy (non-hydrogen) atoms. The summed E-state index contributed by atoms with van der Waals surface area (Å²) in [6, 6.07) is 13.5. The van der Waals surface area contributed by atoms with Crippen LogP contribution in [-0.4, -0.2) is 53.4 Å². The second-order valence-corrected chi connectivity index (χ2v) is 9.96. The van der Waals surface area contributed by atoms with Gasteiger partial charge in [0.05, 0.1) is 22.0 Å². The molecule has 11 heteroatoms. The van der Waals surface area contributed by atoms with Crippen molar-refractivity contribution >= 4 is 45.3 Å². The number of aryl methyl sites for hydroxylation is 1. The van der Waals surface area contributed by atoms with E-state index in [-0.39, 0.29) is 18.6 Å². The number of piperidine rings is 1. The molecular weight excluding hydrogens is 516 g/mol. The van der Waals surface area contributed by atoms with E-state index in [1.54, 1.807) is 11.0 Å². The van der Waals surface area contributed by atoms with E-state index in [1.807, 2.05) is 52.8 Å². The Morgan fingerprint density at radius 3 is 2.90 bits per heavy atom. The minimum absolute atomic E-state index is 0.0560. The maximum absolute atomic E-state index is 12.3. The predicted molar refractivity (Wildman–Crippen MR) is 150 cm³/mol. The number of benzene rings is 2. The molecule has 10 nitrogen and oxygen atoms in total. The van der Waals surface area contributed by atoms with Gasteiger partial charge >= 0.3 is 0 Å². The highest BCUT2D eigenvalue weighted by Crippen LogP contribution is 2.37. The molecule has 0 aliphatic carbocycles. The number of likely N-dealkylation sites (tertiary alicyclic amines) is 1. The van der Waals surface area contributed by atoms with Crippen LogP contribution >= 0.6 is 11.6 Å². The minimum Gasteiger partial charge on any atom is -0.486 e. The van der Waals surface area contributed by atoms with Crippen LogP contribution in [0.4, 0.5) is 5.82 Å². The molecule has 4 heterocycles. The molecule has 1 atom stereocenters. The lowest BCUT2D eigenvalue weighted by Gasteiger charge is -2.32. The molecular formula is C28H27ClN8O2. The van der Waals surface area contributed by atoms with Crippen LogP contribution in [0.25, 0.3) is 33.2 Å². The predicted octanol–water partition coefficient (Wildman–Crippen LogP) is 4.54. The lowest BCUT2D eigenvalue weighted by atomic mass is 10.1. The van der Waals surface area contributed by atoms with Gasteiger partial charge in [-0.2, -0.15) is 10.2 Å². The quantitative estimate of drug-likeness (QED) is 0.313. The maximum atomic E-state index is 12.3. The number of halogens is 1.